The van der Waals surface area contributed by atoms with Crippen LogP contribution in [-0.4, -0.2) is 29.4 Å². The zero-order chi connectivity index (χ0) is 19.9. The molecule has 0 aliphatic carbocycles. The number of benzene rings is 1. The van der Waals surface area contributed by atoms with E-state index in [1.165, 1.54) is 31.2 Å². The quantitative estimate of drug-likeness (QED) is 0.340. The third-order valence-electron chi connectivity index (χ3n) is 4.12. The first-order valence-electron chi connectivity index (χ1n) is 9.63. The van der Waals surface area contributed by atoms with Gasteiger partial charge in [-0.2, -0.15) is 0 Å². The van der Waals surface area contributed by atoms with Crippen molar-refractivity contribution < 1.29 is 9.30 Å². The van der Waals surface area contributed by atoms with Crippen LogP contribution in [0.5, 0.6) is 5.75 Å². The summed E-state index contributed by atoms with van der Waals surface area (Å²) >= 11 is 9.97. The van der Waals surface area contributed by atoms with Crippen molar-refractivity contribution in [3.8, 4) is 5.75 Å². The summed E-state index contributed by atoms with van der Waals surface area (Å²) in [6.07, 6.45) is 8.93. The maximum absolute atomic E-state index is 5.11. The van der Waals surface area contributed by atoms with E-state index in [0.29, 0.717) is 4.32 Å². The zero-order valence-corrected chi connectivity index (χ0v) is 18.4. The van der Waals surface area contributed by atoms with Crippen molar-refractivity contribution in [3.63, 3.8) is 0 Å². The summed E-state index contributed by atoms with van der Waals surface area (Å²) < 4.78 is 7.89. The van der Waals surface area contributed by atoms with E-state index in [1.54, 1.807) is 7.11 Å². The number of hydrogen-bond donors (Lipinski definition) is 0. The molecule has 5 heteroatoms. The number of nitrogens with zero attached hydrogens (tertiary/aromatic N) is 2. The van der Waals surface area contributed by atoms with E-state index in [1.807, 2.05) is 30.3 Å². The van der Waals surface area contributed by atoms with E-state index < -0.39 is 0 Å². The highest BCUT2D eigenvalue weighted by Gasteiger charge is 2.01. The molecule has 0 aliphatic rings. The molecule has 27 heavy (non-hydrogen) atoms. The lowest BCUT2D eigenvalue weighted by molar-refractivity contribution is -0.688. The second-order valence-corrected chi connectivity index (χ2v) is 7.39. The summed E-state index contributed by atoms with van der Waals surface area (Å²) in [6.45, 7) is 7.34. The number of pyridine rings is 1. The molecule has 2 rings (SSSR count). The number of thiocarbonyl (C=S) groups is 1. The number of ether oxygens (including phenoxy) is 1. The monoisotopic (exact) mass is 404 g/mol. The second kappa shape index (κ2) is 14.4. The highest BCUT2D eigenvalue weighted by Crippen LogP contribution is 2.10. The van der Waals surface area contributed by atoms with Crippen LogP contribution < -0.4 is 9.30 Å². The van der Waals surface area contributed by atoms with Crippen molar-refractivity contribution in [1.29, 1.82) is 0 Å². The number of methoxy groups -OCH3 is 1. The second-order valence-electron chi connectivity index (χ2n) is 6.36. The Morgan fingerprint density at radius 1 is 1.00 bits per heavy atom. The molecule has 0 atom stereocenters. The summed E-state index contributed by atoms with van der Waals surface area (Å²) in [7, 11) is 1.68. The zero-order valence-electron chi connectivity index (χ0n) is 16.8. The molecule has 0 bridgehead atoms. The van der Waals surface area contributed by atoms with E-state index in [9.17, 15) is 0 Å². The Labute approximate surface area is 175 Å². The lowest BCUT2D eigenvalue weighted by atomic mass is 10.2. The van der Waals surface area contributed by atoms with Crippen LogP contribution in [0, 0.1) is 0 Å². The molecule has 0 unspecified atom stereocenters. The van der Waals surface area contributed by atoms with Gasteiger partial charge in [0.2, 0.25) is 0 Å². The summed E-state index contributed by atoms with van der Waals surface area (Å²) in [5.41, 5.74) is 1.27. The summed E-state index contributed by atoms with van der Waals surface area (Å²) in [6, 6.07) is 14.2. The lowest BCUT2D eigenvalue weighted by Gasteiger charge is -2.28. The van der Waals surface area contributed by atoms with Crippen molar-refractivity contribution >= 4 is 29.2 Å². The molecule has 2 aromatic rings. The van der Waals surface area contributed by atoms with Crippen molar-refractivity contribution in [2.45, 2.75) is 46.1 Å². The number of hydrogen-bond acceptors (Lipinski definition) is 3. The smallest absolute Gasteiger partial charge is 0.173 e. The number of unbranched alkanes of at least 4 members (excludes halogenated alkanes) is 2. The Hall–Kier alpha value is -1.72. The van der Waals surface area contributed by atoms with E-state index in [2.05, 4.69) is 47.8 Å². The van der Waals surface area contributed by atoms with Crippen LogP contribution in [0.1, 0.15) is 45.1 Å². The fraction of sp³-hybridized carbons (Fsp3) is 0.455. The first-order valence-corrected chi connectivity index (χ1v) is 10.4. The molecule has 0 fully saturated rings. The highest BCUT2D eigenvalue weighted by molar-refractivity contribution is 8.00. The Bertz CT molecular complexity index is 625. The number of rotatable bonds is 9. The fourth-order valence-corrected chi connectivity index (χ4v) is 2.84. The minimum absolute atomic E-state index is 0.636. The van der Waals surface area contributed by atoms with Crippen molar-refractivity contribution in [3.05, 3.63) is 60.4 Å². The Morgan fingerprint density at radius 2 is 1.56 bits per heavy atom. The van der Waals surface area contributed by atoms with Crippen LogP contribution in [0.2, 0.25) is 0 Å². The lowest BCUT2D eigenvalue weighted by Crippen LogP contribution is -2.32. The van der Waals surface area contributed by atoms with Gasteiger partial charge >= 0.3 is 0 Å². The fourth-order valence-electron chi connectivity index (χ4n) is 2.47. The van der Waals surface area contributed by atoms with E-state index >= 15 is 0 Å². The third-order valence-corrected chi connectivity index (χ3v) is 4.64. The molecule has 3 nitrogen and oxygen atoms in total. The van der Waals surface area contributed by atoms with Gasteiger partial charge in [0.15, 0.2) is 18.9 Å². The van der Waals surface area contributed by atoms with Gasteiger partial charge in [-0.3, -0.25) is 0 Å². The van der Waals surface area contributed by atoms with E-state index in [-0.39, 0.29) is 0 Å². The third kappa shape index (κ3) is 10.3. The normalized spacial score (nSPS) is 9.89. The minimum atomic E-state index is 0.636. The van der Waals surface area contributed by atoms with Gasteiger partial charge in [0.1, 0.15) is 5.75 Å². The van der Waals surface area contributed by atoms with Crippen LogP contribution in [0.25, 0.3) is 0 Å². The molecule has 0 saturated heterocycles. The molecule has 1 aromatic heterocycles. The maximum Gasteiger partial charge on any atom is 0.173 e. The van der Waals surface area contributed by atoms with Crippen LogP contribution in [0.15, 0.2) is 54.9 Å². The predicted octanol–water partition coefficient (Wildman–Crippen LogP) is 4.75. The molecule has 0 N–H and O–H groups in total. The molecule has 0 spiro atoms. The van der Waals surface area contributed by atoms with Gasteiger partial charge in [-0.05, 0) is 37.1 Å². The number of aromatic nitrogens is 1. The van der Waals surface area contributed by atoms with Gasteiger partial charge in [-0.15, -0.1) is 0 Å². The van der Waals surface area contributed by atoms with Gasteiger partial charge < -0.3 is 34.5 Å². The summed E-state index contributed by atoms with van der Waals surface area (Å²) in [5, 5.41) is 0. The molecule has 0 radical (unpaired) electrons. The van der Waals surface area contributed by atoms with Gasteiger partial charge in [0, 0.05) is 30.8 Å². The molecular weight excluding hydrogens is 372 g/mol. The summed E-state index contributed by atoms with van der Waals surface area (Å²) in [4.78, 5) is 2.14. The molecule has 148 valence electrons. The molecule has 0 amide bonds. The molecule has 0 aliphatic heterocycles. The van der Waals surface area contributed by atoms with Crippen molar-refractivity contribution in [2.75, 3.05) is 20.2 Å². The first kappa shape index (κ1) is 23.3. The van der Waals surface area contributed by atoms with Crippen LogP contribution in [0.3, 0.4) is 0 Å². The Morgan fingerprint density at radius 3 is 2.00 bits per heavy atom. The Kier molecular flexibility index (Phi) is 12.4. The van der Waals surface area contributed by atoms with Crippen molar-refractivity contribution in [2.24, 2.45) is 0 Å². The minimum Gasteiger partial charge on any atom is -0.497 e. The molecule has 1 aromatic carbocycles. The Balaban J connectivity index is 0.000000279. The van der Waals surface area contributed by atoms with Gasteiger partial charge in [0.25, 0.3) is 0 Å². The highest BCUT2D eigenvalue weighted by atomic mass is 32.1. The van der Waals surface area contributed by atoms with E-state index in [4.69, 9.17) is 29.6 Å². The SMILES string of the molecule is CCCCN(CCCC)C(=S)[S-].COc1ccc(C[n+]2ccccc2)cc1. The topological polar surface area (TPSA) is 16.4 Å². The first-order chi connectivity index (χ1) is 13.1. The standard InChI is InChI=1S/C13H14NO.C9H19NS2/c1-15-13-7-5-12(6-8-13)11-14-9-3-2-4-10-14;1-3-5-7-10(9(11)12)8-6-4-2/h2-10H,11H2,1H3;3-8H2,1-2H3,(H,11,12)/q+1;/p-1. The summed E-state index contributed by atoms with van der Waals surface area (Å²) in [5.74, 6) is 0.900. The van der Waals surface area contributed by atoms with Gasteiger partial charge in [-0.25, -0.2) is 4.57 Å². The molecule has 0 saturated carbocycles. The molecular formula is C22H32N2OS2. The van der Waals surface area contributed by atoms with Crippen LogP contribution in [-0.2, 0) is 19.2 Å². The predicted molar refractivity (Wildman–Crippen MR) is 120 cm³/mol. The van der Waals surface area contributed by atoms with Gasteiger partial charge in [0.05, 0.1) is 7.11 Å². The van der Waals surface area contributed by atoms with E-state index in [0.717, 1.165) is 25.4 Å². The van der Waals surface area contributed by atoms with Gasteiger partial charge in [-0.1, -0.05) is 37.1 Å². The average molecular weight is 405 g/mol. The average Bonchev–Trinajstić information content (AvgIpc) is 2.70. The molecule has 1 heterocycles. The van der Waals surface area contributed by atoms with Crippen LogP contribution >= 0.6 is 12.2 Å². The van der Waals surface area contributed by atoms with Crippen LogP contribution in [0.4, 0.5) is 0 Å². The maximum atomic E-state index is 5.11. The van der Waals surface area contributed by atoms with Crippen molar-refractivity contribution in [1.82, 2.24) is 4.90 Å². The largest absolute Gasteiger partial charge is 0.497 e.